The zero-order chi connectivity index (χ0) is 13.2. The van der Waals surface area contributed by atoms with Crippen LogP contribution in [0.5, 0.6) is 0 Å². The van der Waals surface area contributed by atoms with Gasteiger partial charge in [-0.15, -0.1) is 0 Å². The first kappa shape index (κ1) is 12.5. The molecule has 0 bridgehead atoms. The van der Waals surface area contributed by atoms with Crippen LogP contribution in [0.25, 0.3) is 11.5 Å². The highest BCUT2D eigenvalue weighted by Gasteiger charge is 2.22. The number of nitrogens with one attached hydrogen (secondary N) is 1. The first-order chi connectivity index (χ1) is 9.25. The highest BCUT2D eigenvalue weighted by Crippen LogP contribution is 2.29. The predicted molar refractivity (Wildman–Crippen MR) is 66.3 cm³/mol. The van der Waals surface area contributed by atoms with Crippen molar-refractivity contribution in [2.75, 3.05) is 19.8 Å². The summed E-state index contributed by atoms with van der Waals surface area (Å²) in [6, 6.07) is 4.34. The number of rotatable bonds is 2. The van der Waals surface area contributed by atoms with Gasteiger partial charge in [-0.1, -0.05) is 22.8 Å². The molecule has 1 aliphatic rings. The summed E-state index contributed by atoms with van der Waals surface area (Å²) in [7, 11) is 0. The zero-order valence-electron chi connectivity index (χ0n) is 9.90. The lowest BCUT2D eigenvalue weighted by molar-refractivity contribution is 0.0734. The van der Waals surface area contributed by atoms with Gasteiger partial charge in [0.05, 0.1) is 29.8 Å². The van der Waals surface area contributed by atoms with Crippen molar-refractivity contribution in [2.24, 2.45) is 0 Å². The van der Waals surface area contributed by atoms with Crippen LogP contribution in [0.4, 0.5) is 4.39 Å². The summed E-state index contributed by atoms with van der Waals surface area (Å²) in [6.45, 7) is 1.88. The molecule has 1 atom stereocenters. The molecule has 1 aromatic heterocycles. The van der Waals surface area contributed by atoms with Crippen LogP contribution in [0, 0.1) is 5.82 Å². The highest BCUT2D eigenvalue weighted by atomic mass is 35.5. The summed E-state index contributed by atoms with van der Waals surface area (Å²) in [5.41, 5.74) is 0.386. The average molecular weight is 284 g/mol. The van der Waals surface area contributed by atoms with Crippen LogP contribution in [-0.4, -0.2) is 29.9 Å². The predicted octanol–water partition coefficient (Wildman–Crippen LogP) is 2.19. The Hall–Kier alpha value is -1.50. The molecular weight excluding hydrogens is 273 g/mol. The number of aromatic nitrogens is 2. The molecule has 2 heterocycles. The molecule has 0 amide bonds. The molecule has 0 saturated carbocycles. The van der Waals surface area contributed by atoms with Gasteiger partial charge in [-0.3, -0.25) is 0 Å². The molecular formula is C12H11ClFN3O2. The standard InChI is InChI=1S/C12H11ClFN3O2/c13-10-7(2-1-3-8(10)14)12-16-11(17-19-12)9-6-18-5-4-15-9/h1-3,9,15H,4-6H2. The highest BCUT2D eigenvalue weighted by molar-refractivity contribution is 6.33. The first-order valence-corrected chi connectivity index (χ1v) is 6.22. The fraction of sp³-hybridized carbons (Fsp3) is 0.333. The Balaban J connectivity index is 1.90. The van der Waals surface area contributed by atoms with Gasteiger partial charge >= 0.3 is 0 Å². The van der Waals surface area contributed by atoms with E-state index in [1.807, 2.05) is 0 Å². The van der Waals surface area contributed by atoms with E-state index in [4.69, 9.17) is 20.9 Å². The summed E-state index contributed by atoms with van der Waals surface area (Å²) in [4.78, 5) is 4.23. The van der Waals surface area contributed by atoms with Crippen LogP contribution in [0.2, 0.25) is 5.02 Å². The zero-order valence-corrected chi connectivity index (χ0v) is 10.7. The van der Waals surface area contributed by atoms with Crippen molar-refractivity contribution in [1.82, 2.24) is 15.5 Å². The van der Waals surface area contributed by atoms with E-state index in [1.54, 1.807) is 12.1 Å². The molecule has 0 aliphatic carbocycles. The molecule has 19 heavy (non-hydrogen) atoms. The maximum absolute atomic E-state index is 13.4. The minimum absolute atomic E-state index is 0.0226. The third-order valence-electron chi connectivity index (χ3n) is 2.86. The van der Waals surface area contributed by atoms with Crippen molar-refractivity contribution in [2.45, 2.75) is 6.04 Å². The molecule has 0 spiro atoms. The SMILES string of the molecule is Fc1cccc(-c2nc(C3COCCN3)no2)c1Cl. The topological polar surface area (TPSA) is 60.2 Å². The molecule has 1 fully saturated rings. The van der Waals surface area contributed by atoms with Crippen molar-refractivity contribution < 1.29 is 13.7 Å². The minimum atomic E-state index is -0.516. The molecule has 1 aliphatic heterocycles. The van der Waals surface area contributed by atoms with E-state index in [0.29, 0.717) is 24.6 Å². The van der Waals surface area contributed by atoms with Crippen molar-refractivity contribution in [3.63, 3.8) is 0 Å². The molecule has 1 aromatic carbocycles. The van der Waals surface area contributed by atoms with E-state index < -0.39 is 5.82 Å². The maximum atomic E-state index is 13.4. The average Bonchev–Trinajstić information content (AvgIpc) is 2.92. The summed E-state index contributed by atoms with van der Waals surface area (Å²) in [5.74, 6) is 0.167. The second kappa shape index (κ2) is 5.24. The van der Waals surface area contributed by atoms with E-state index in [9.17, 15) is 4.39 Å². The Morgan fingerprint density at radius 2 is 2.32 bits per heavy atom. The van der Waals surface area contributed by atoms with E-state index in [0.717, 1.165) is 6.54 Å². The summed E-state index contributed by atoms with van der Waals surface area (Å²) < 4.78 is 23.8. The van der Waals surface area contributed by atoms with Gasteiger partial charge in [0.15, 0.2) is 5.82 Å². The maximum Gasteiger partial charge on any atom is 0.259 e. The fourth-order valence-electron chi connectivity index (χ4n) is 1.89. The van der Waals surface area contributed by atoms with Gasteiger partial charge in [-0.2, -0.15) is 4.98 Å². The van der Waals surface area contributed by atoms with Crippen molar-refractivity contribution in [1.29, 1.82) is 0 Å². The van der Waals surface area contributed by atoms with Crippen molar-refractivity contribution >= 4 is 11.6 Å². The lowest BCUT2D eigenvalue weighted by atomic mass is 10.2. The molecule has 2 aromatic rings. The Bertz CT molecular complexity index is 584. The smallest absolute Gasteiger partial charge is 0.259 e. The van der Waals surface area contributed by atoms with Gasteiger partial charge in [0.2, 0.25) is 0 Å². The van der Waals surface area contributed by atoms with Crippen LogP contribution in [-0.2, 0) is 4.74 Å². The van der Waals surface area contributed by atoms with E-state index in [1.165, 1.54) is 6.07 Å². The number of hydrogen-bond donors (Lipinski definition) is 1. The molecule has 1 saturated heterocycles. The van der Waals surface area contributed by atoms with Crippen LogP contribution in [0.3, 0.4) is 0 Å². The Morgan fingerprint density at radius 1 is 1.42 bits per heavy atom. The third-order valence-corrected chi connectivity index (χ3v) is 3.24. The van der Waals surface area contributed by atoms with Gasteiger partial charge in [-0.05, 0) is 12.1 Å². The molecule has 1 N–H and O–H groups in total. The lowest BCUT2D eigenvalue weighted by Crippen LogP contribution is -2.35. The number of benzene rings is 1. The van der Waals surface area contributed by atoms with Crippen LogP contribution in [0.15, 0.2) is 22.7 Å². The summed E-state index contributed by atoms with van der Waals surface area (Å²) in [6.07, 6.45) is 0. The third kappa shape index (κ3) is 2.47. The largest absolute Gasteiger partial charge is 0.378 e. The Kier molecular flexibility index (Phi) is 3.46. The second-order valence-electron chi connectivity index (χ2n) is 4.14. The van der Waals surface area contributed by atoms with Crippen molar-refractivity contribution in [3.05, 3.63) is 34.9 Å². The Morgan fingerprint density at radius 3 is 3.11 bits per heavy atom. The van der Waals surface area contributed by atoms with Gasteiger partial charge in [-0.25, -0.2) is 4.39 Å². The van der Waals surface area contributed by atoms with E-state index in [-0.39, 0.29) is 17.0 Å². The molecule has 0 radical (unpaired) electrons. The van der Waals surface area contributed by atoms with Crippen LogP contribution < -0.4 is 5.32 Å². The molecule has 5 nitrogen and oxygen atoms in total. The number of halogens is 2. The normalized spacial score (nSPS) is 19.6. The first-order valence-electron chi connectivity index (χ1n) is 5.85. The number of hydrogen-bond acceptors (Lipinski definition) is 5. The van der Waals surface area contributed by atoms with Gasteiger partial charge in [0, 0.05) is 6.54 Å². The monoisotopic (exact) mass is 283 g/mol. The van der Waals surface area contributed by atoms with Gasteiger partial charge < -0.3 is 14.6 Å². The number of nitrogens with zero attached hydrogens (tertiary/aromatic N) is 2. The lowest BCUT2D eigenvalue weighted by Gasteiger charge is -2.20. The molecule has 3 rings (SSSR count). The van der Waals surface area contributed by atoms with E-state index >= 15 is 0 Å². The fourth-order valence-corrected chi connectivity index (χ4v) is 2.09. The van der Waals surface area contributed by atoms with Gasteiger partial charge in [0.25, 0.3) is 5.89 Å². The molecule has 1 unspecified atom stereocenters. The number of ether oxygens (including phenoxy) is 1. The Labute approximate surface area is 113 Å². The van der Waals surface area contributed by atoms with Crippen molar-refractivity contribution in [3.8, 4) is 11.5 Å². The quantitative estimate of drug-likeness (QED) is 0.915. The summed E-state index contributed by atoms with van der Waals surface area (Å²) >= 11 is 5.88. The number of morpholine rings is 1. The molecule has 7 heteroatoms. The van der Waals surface area contributed by atoms with Gasteiger partial charge in [0.1, 0.15) is 5.82 Å². The summed E-state index contributed by atoms with van der Waals surface area (Å²) in [5, 5.41) is 7.06. The van der Waals surface area contributed by atoms with E-state index in [2.05, 4.69) is 15.5 Å². The minimum Gasteiger partial charge on any atom is -0.378 e. The van der Waals surface area contributed by atoms with Crippen LogP contribution >= 0.6 is 11.6 Å². The second-order valence-corrected chi connectivity index (χ2v) is 4.52. The van der Waals surface area contributed by atoms with Crippen LogP contribution in [0.1, 0.15) is 11.9 Å². The molecule has 100 valence electrons.